The zero-order valence-electron chi connectivity index (χ0n) is 11.6. The third-order valence-corrected chi connectivity index (χ3v) is 5.14. The van der Waals surface area contributed by atoms with Gasteiger partial charge in [-0.3, -0.25) is 0 Å². The molecule has 2 aromatic rings. The van der Waals surface area contributed by atoms with Crippen LogP contribution in [0.1, 0.15) is 18.9 Å². The van der Waals surface area contributed by atoms with E-state index in [1.807, 2.05) is 11.3 Å². The van der Waals surface area contributed by atoms with Gasteiger partial charge in [0, 0.05) is 17.8 Å². The second-order valence-corrected chi connectivity index (χ2v) is 6.35. The van der Waals surface area contributed by atoms with Crippen LogP contribution >= 0.6 is 11.3 Å². The lowest BCUT2D eigenvalue weighted by atomic mass is 10.1. The largest absolute Gasteiger partial charge is 0.312 e. The summed E-state index contributed by atoms with van der Waals surface area (Å²) in [6, 6.07) is 8.69. The highest BCUT2D eigenvalue weighted by Crippen LogP contribution is 2.25. The summed E-state index contributed by atoms with van der Waals surface area (Å²) in [7, 11) is 0. The molecule has 1 aromatic heterocycles. The maximum atomic E-state index is 3.65. The minimum absolute atomic E-state index is 0.838. The van der Waals surface area contributed by atoms with Gasteiger partial charge in [0.15, 0.2) is 0 Å². The second-order valence-electron chi connectivity index (χ2n) is 5.44. The lowest BCUT2D eigenvalue weighted by Gasteiger charge is -2.13. The van der Waals surface area contributed by atoms with Crippen molar-refractivity contribution < 1.29 is 0 Å². The van der Waals surface area contributed by atoms with Crippen molar-refractivity contribution in [2.24, 2.45) is 5.92 Å². The highest BCUT2D eigenvalue weighted by Gasteiger charge is 2.20. The summed E-state index contributed by atoms with van der Waals surface area (Å²) >= 11 is 1.85. The van der Waals surface area contributed by atoms with Gasteiger partial charge in [-0.1, -0.05) is 25.1 Å². The molecule has 0 saturated carbocycles. The van der Waals surface area contributed by atoms with E-state index in [4.69, 9.17) is 0 Å². The van der Waals surface area contributed by atoms with Gasteiger partial charge in [-0.25, -0.2) is 0 Å². The molecule has 2 heterocycles. The number of rotatable bonds is 5. The van der Waals surface area contributed by atoms with Gasteiger partial charge in [0.05, 0.1) is 0 Å². The van der Waals surface area contributed by atoms with Gasteiger partial charge >= 0.3 is 0 Å². The molecule has 1 unspecified atom stereocenters. The summed E-state index contributed by atoms with van der Waals surface area (Å²) in [4.78, 5) is 2.55. The summed E-state index contributed by atoms with van der Waals surface area (Å²) in [6.45, 7) is 8.17. The van der Waals surface area contributed by atoms with Crippen molar-refractivity contribution in [3.8, 4) is 0 Å². The molecule has 0 bridgehead atoms. The van der Waals surface area contributed by atoms with Crippen LogP contribution in [0.25, 0.3) is 10.1 Å². The van der Waals surface area contributed by atoms with Crippen LogP contribution < -0.4 is 5.32 Å². The first kappa shape index (κ1) is 13.1. The highest BCUT2D eigenvalue weighted by atomic mass is 32.1. The first-order valence-corrected chi connectivity index (χ1v) is 8.13. The van der Waals surface area contributed by atoms with Gasteiger partial charge in [-0.15, -0.1) is 11.3 Å². The molecule has 0 spiro atoms. The number of fused-ring (bicyclic) bond motifs is 1. The second kappa shape index (κ2) is 6.04. The molecule has 2 nitrogen and oxygen atoms in total. The molecule has 1 atom stereocenters. The molecule has 0 amide bonds. The molecule has 1 N–H and O–H groups in total. The summed E-state index contributed by atoms with van der Waals surface area (Å²) in [6.07, 6.45) is 1.35. The lowest BCUT2D eigenvalue weighted by molar-refractivity contribution is 0.339. The van der Waals surface area contributed by atoms with E-state index in [0.717, 1.165) is 19.0 Å². The topological polar surface area (TPSA) is 15.3 Å². The number of thiophene rings is 1. The number of nitrogens with zero attached hydrogens (tertiary/aromatic N) is 1. The Labute approximate surface area is 119 Å². The third-order valence-electron chi connectivity index (χ3n) is 4.13. The number of hydrogen-bond donors (Lipinski definition) is 1. The van der Waals surface area contributed by atoms with Gasteiger partial charge in [0.25, 0.3) is 0 Å². The molecule has 3 rings (SSSR count). The van der Waals surface area contributed by atoms with E-state index in [0.29, 0.717) is 0 Å². The summed E-state index contributed by atoms with van der Waals surface area (Å²) < 4.78 is 1.40. The molecule has 1 aromatic carbocycles. The van der Waals surface area contributed by atoms with Crippen LogP contribution in [0.2, 0.25) is 0 Å². The van der Waals surface area contributed by atoms with Crippen molar-refractivity contribution in [3.63, 3.8) is 0 Å². The maximum Gasteiger partial charge on any atom is 0.0346 e. The Hall–Kier alpha value is -0.900. The Balaban J connectivity index is 1.53. The van der Waals surface area contributed by atoms with Crippen molar-refractivity contribution in [3.05, 3.63) is 35.2 Å². The van der Waals surface area contributed by atoms with Crippen molar-refractivity contribution in [1.29, 1.82) is 0 Å². The molecule has 1 fully saturated rings. The van der Waals surface area contributed by atoms with Gasteiger partial charge in [0.1, 0.15) is 0 Å². The van der Waals surface area contributed by atoms with Crippen LogP contribution in [-0.4, -0.2) is 31.1 Å². The van der Waals surface area contributed by atoms with Crippen LogP contribution in [0.15, 0.2) is 29.6 Å². The number of likely N-dealkylation sites (tertiary alicyclic amines) is 1. The molecule has 1 aliphatic rings. The Bertz CT molecular complexity index is 534. The normalized spacial score (nSPS) is 20.4. The van der Waals surface area contributed by atoms with Crippen LogP contribution in [0.3, 0.4) is 0 Å². The van der Waals surface area contributed by atoms with Crippen LogP contribution in [0.4, 0.5) is 0 Å². The fourth-order valence-corrected chi connectivity index (χ4v) is 3.91. The molecular formula is C16H22N2S. The first-order valence-electron chi connectivity index (χ1n) is 7.25. The lowest BCUT2D eigenvalue weighted by Crippen LogP contribution is -2.26. The van der Waals surface area contributed by atoms with E-state index < -0.39 is 0 Å². The van der Waals surface area contributed by atoms with Crippen molar-refractivity contribution >= 4 is 21.4 Å². The fourth-order valence-electron chi connectivity index (χ4n) is 2.95. The van der Waals surface area contributed by atoms with Crippen molar-refractivity contribution in [2.45, 2.75) is 19.9 Å². The summed E-state index contributed by atoms with van der Waals surface area (Å²) in [5, 5.41) is 7.36. The minimum Gasteiger partial charge on any atom is -0.312 e. The summed E-state index contributed by atoms with van der Waals surface area (Å²) in [5.74, 6) is 0.838. The van der Waals surface area contributed by atoms with Crippen LogP contribution in [0, 0.1) is 5.92 Å². The van der Waals surface area contributed by atoms with Gasteiger partial charge < -0.3 is 10.2 Å². The van der Waals surface area contributed by atoms with E-state index in [-0.39, 0.29) is 0 Å². The molecule has 3 heteroatoms. The zero-order chi connectivity index (χ0) is 13.1. The molecule has 102 valence electrons. The van der Waals surface area contributed by atoms with Crippen LogP contribution in [-0.2, 0) is 6.54 Å². The van der Waals surface area contributed by atoms with E-state index >= 15 is 0 Å². The molecule has 1 aliphatic heterocycles. The monoisotopic (exact) mass is 274 g/mol. The van der Waals surface area contributed by atoms with Gasteiger partial charge in [0.2, 0.25) is 0 Å². The molecule has 19 heavy (non-hydrogen) atoms. The van der Waals surface area contributed by atoms with Gasteiger partial charge in [-0.2, -0.15) is 0 Å². The van der Waals surface area contributed by atoms with Crippen molar-refractivity contribution in [2.75, 3.05) is 26.2 Å². The Kier molecular flexibility index (Phi) is 4.16. The predicted octanol–water partition coefficient (Wildman–Crippen LogP) is 3.33. The Morgan fingerprint density at radius 3 is 3.11 bits per heavy atom. The van der Waals surface area contributed by atoms with Crippen LogP contribution in [0.5, 0.6) is 0 Å². The highest BCUT2D eigenvalue weighted by molar-refractivity contribution is 7.17. The SMILES string of the molecule is CCN1CCC(CNCc2csc3ccccc23)C1. The van der Waals surface area contributed by atoms with E-state index in [9.17, 15) is 0 Å². The van der Waals surface area contributed by atoms with Crippen molar-refractivity contribution in [1.82, 2.24) is 10.2 Å². The molecule has 1 saturated heterocycles. The summed E-state index contributed by atoms with van der Waals surface area (Å²) in [5.41, 5.74) is 1.45. The first-order chi connectivity index (χ1) is 9.36. The Morgan fingerprint density at radius 1 is 1.37 bits per heavy atom. The third kappa shape index (κ3) is 2.99. The standard InChI is InChI=1S/C16H22N2S/c1-2-18-8-7-13(11-18)9-17-10-14-12-19-16-6-4-3-5-15(14)16/h3-6,12-13,17H,2,7-11H2,1H3. The van der Waals surface area contributed by atoms with Gasteiger partial charge in [-0.05, 0) is 54.4 Å². The number of benzene rings is 1. The maximum absolute atomic E-state index is 3.65. The Morgan fingerprint density at radius 2 is 2.26 bits per heavy atom. The van der Waals surface area contributed by atoms with E-state index in [1.165, 1.54) is 41.7 Å². The molecular weight excluding hydrogens is 252 g/mol. The average molecular weight is 274 g/mol. The molecule has 0 aliphatic carbocycles. The van der Waals surface area contributed by atoms with E-state index in [1.54, 1.807) is 0 Å². The minimum atomic E-state index is 0.838. The smallest absolute Gasteiger partial charge is 0.0346 e. The molecule has 0 radical (unpaired) electrons. The average Bonchev–Trinajstić information content (AvgIpc) is 3.06. The number of nitrogens with one attached hydrogen (secondary N) is 1. The fraction of sp³-hybridized carbons (Fsp3) is 0.500. The zero-order valence-corrected chi connectivity index (χ0v) is 12.4. The van der Waals surface area contributed by atoms with E-state index in [2.05, 4.69) is 46.8 Å². The number of hydrogen-bond acceptors (Lipinski definition) is 3. The predicted molar refractivity (Wildman–Crippen MR) is 83.8 cm³/mol. The quantitative estimate of drug-likeness (QED) is 0.899.